The van der Waals surface area contributed by atoms with Gasteiger partial charge < -0.3 is 5.73 Å². The van der Waals surface area contributed by atoms with Gasteiger partial charge in [-0.25, -0.2) is 8.42 Å². The molecule has 7 heteroatoms. The number of hydrogen-bond donors (Lipinski definition) is 1. The lowest BCUT2D eigenvalue weighted by Crippen LogP contribution is -2.29. The van der Waals surface area contributed by atoms with Crippen molar-refractivity contribution in [1.29, 1.82) is 0 Å². The Bertz CT molecular complexity index is 661. The van der Waals surface area contributed by atoms with E-state index in [-0.39, 0.29) is 6.04 Å². The maximum Gasteiger partial charge on any atom is 0.253 e. The van der Waals surface area contributed by atoms with Gasteiger partial charge >= 0.3 is 0 Å². The van der Waals surface area contributed by atoms with Crippen LogP contribution in [0.3, 0.4) is 0 Å². The number of nitrogens with two attached hydrogens (primary N) is 1. The van der Waals surface area contributed by atoms with E-state index in [4.69, 9.17) is 5.73 Å². The second-order valence-corrected chi connectivity index (χ2v) is 8.34. The summed E-state index contributed by atoms with van der Waals surface area (Å²) in [6, 6.07) is 3.52. The molecule has 0 bridgehead atoms. The first-order valence-corrected chi connectivity index (χ1v) is 9.23. The van der Waals surface area contributed by atoms with E-state index < -0.39 is 10.0 Å². The van der Waals surface area contributed by atoms with E-state index in [2.05, 4.69) is 0 Å². The Labute approximate surface area is 120 Å². The van der Waals surface area contributed by atoms with Gasteiger partial charge in [0.05, 0.1) is 6.04 Å². The largest absolute Gasteiger partial charge is 0.398 e. The van der Waals surface area contributed by atoms with Crippen molar-refractivity contribution in [1.82, 2.24) is 4.31 Å². The lowest BCUT2D eigenvalue weighted by atomic mass is 10.1. The zero-order valence-corrected chi connectivity index (χ0v) is 12.6. The predicted octanol–water partition coefficient (Wildman–Crippen LogP) is 2.92. The first kappa shape index (κ1) is 13.1. The van der Waals surface area contributed by atoms with Crippen LogP contribution in [0.15, 0.2) is 32.5 Å². The molecule has 3 heterocycles. The van der Waals surface area contributed by atoms with Crippen LogP contribution in [0, 0.1) is 0 Å². The van der Waals surface area contributed by atoms with E-state index in [9.17, 15) is 8.42 Å². The van der Waals surface area contributed by atoms with Crippen LogP contribution >= 0.6 is 22.7 Å². The van der Waals surface area contributed by atoms with Crippen molar-refractivity contribution in [3.8, 4) is 0 Å². The summed E-state index contributed by atoms with van der Waals surface area (Å²) in [5.74, 6) is 0. The molecule has 4 nitrogen and oxygen atoms in total. The molecule has 102 valence electrons. The average molecular weight is 314 g/mol. The zero-order chi connectivity index (χ0) is 13.5. The first-order valence-electron chi connectivity index (χ1n) is 5.97. The van der Waals surface area contributed by atoms with Crippen LogP contribution < -0.4 is 5.73 Å². The minimum atomic E-state index is -3.42. The molecule has 1 unspecified atom stereocenters. The number of nitrogens with zero attached hydrogens (tertiary/aromatic N) is 1. The van der Waals surface area contributed by atoms with E-state index in [0.29, 0.717) is 16.4 Å². The van der Waals surface area contributed by atoms with Crippen molar-refractivity contribution in [2.45, 2.75) is 23.1 Å². The normalized spacial score (nSPS) is 20.9. The lowest BCUT2D eigenvalue weighted by molar-refractivity contribution is 0.398. The Balaban J connectivity index is 1.96. The molecule has 0 spiro atoms. The number of anilines is 1. The Morgan fingerprint density at radius 3 is 2.84 bits per heavy atom. The first-order chi connectivity index (χ1) is 9.09. The van der Waals surface area contributed by atoms with Gasteiger partial charge in [-0.05, 0) is 41.3 Å². The van der Waals surface area contributed by atoms with Gasteiger partial charge in [-0.15, -0.1) is 11.3 Å². The van der Waals surface area contributed by atoms with Crippen molar-refractivity contribution in [2.24, 2.45) is 0 Å². The van der Waals surface area contributed by atoms with Crippen molar-refractivity contribution in [3.05, 3.63) is 33.8 Å². The second kappa shape index (κ2) is 4.90. The van der Waals surface area contributed by atoms with E-state index in [0.717, 1.165) is 18.4 Å². The third-order valence-electron chi connectivity index (χ3n) is 3.29. The summed E-state index contributed by atoms with van der Waals surface area (Å²) in [5, 5.41) is 5.69. The van der Waals surface area contributed by atoms with Gasteiger partial charge in [0.1, 0.15) is 4.21 Å². The molecule has 2 aromatic rings. The van der Waals surface area contributed by atoms with E-state index in [1.807, 2.05) is 16.8 Å². The molecule has 1 aliphatic heterocycles. The van der Waals surface area contributed by atoms with Crippen LogP contribution in [0.4, 0.5) is 5.69 Å². The Morgan fingerprint density at radius 2 is 2.21 bits per heavy atom. The van der Waals surface area contributed by atoms with E-state index >= 15 is 0 Å². The highest BCUT2D eigenvalue weighted by Crippen LogP contribution is 2.38. The Hall–Kier alpha value is -0.890. The standard InChI is InChI=1S/C12H14N2O2S3/c13-10-6-12(18-8-10)19(15,16)14-4-1-2-11(14)9-3-5-17-7-9/h3,5-8,11H,1-2,4,13H2. The maximum atomic E-state index is 12.6. The minimum absolute atomic E-state index is 0.0282. The van der Waals surface area contributed by atoms with Gasteiger partial charge in [0, 0.05) is 17.6 Å². The van der Waals surface area contributed by atoms with Crippen LogP contribution in [-0.2, 0) is 10.0 Å². The predicted molar refractivity (Wildman–Crippen MR) is 78.9 cm³/mol. The Kier molecular flexibility index (Phi) is 3.38. The average Bonchev–Trinajstić information content (AvgIpc) is 3.09. The molecular formula is C12H14N2O2S3. The zero-order valence-electron chi connectivity index (χ0n) is 10.2. The fraction of sp³-hybridized carbons (Fsp3) is 0.333. The summed E-state index contributed by atoms with van der Waals surface area (Å²) in [7, 11) is -3.42. The SMILES string of the molecule is Nc1csc(S(=O)(=O)N2CCCC2c2ccsc2)c1. The molecule has 0 radical (unpaired) electrons. The highest BCUT2D eigenvalue weighted by atomic mass is 32.2. The van der Waals surface area contributed by atoms with Crippen LogP contribution in [-0.4, -0.2) is 19.3 Å². The quantitative estimate of drug-likeness (QED) is 0.947. The summed E-state index contributed by atoms with van der Waals surface area (Å²) < 4.78 is 27.2. The molecule has 0 aliphatic carbocycles. The molecule has 3 rings (SSSR count). The Morgan fingerprint density at radius 1 is 1.37 bits per heavy atom. The highest BCUT2D eigenvalue weighted by molar-refractivity contribution is 7.91. The molecule has 0 saturated carbocycles. The van der Waals surface area contributed by atoms with Crippen LogP contribution in [0.25, 0.3) is 0 Å². The molecule has 1 aliphatic rings. The van der Waals surface area contributed by atoms with Crippen molar-refractivity contribution >= 4 is 38.4 Å². The summed E-state index contributed by atoms with van der Waals surface area (Å²) >= 11 is 2.79. The van der Waals surface area contributed by atoms with Crippen molar-refractivity contribution in [2.75, 3.05) is 12.3 Å². The number of rotatable bonds is 3. The topological polar surface area (TPSA) is 63.4 Å². The molecule has 1 fully saturated rings. The number of sulfonamides is 1. The van der Waals surface area contributed by atoms with Crippen LogP contribution in [0.5, 0.6) is 0 Å². The number of hydrogen-bond acceptors (Lipinski definition) is 5. The fourth-order valence-corrected chi connectivity index (χ4v) is 6.00. The molecule has 0 amide bonds. The van der Waals surface area contributed by atoms with Crippen molar-refractivity contribution in [3.63, 3.8) is 0 Å². The van der Waals surface area contributed by atoms with E-state index in [1.54, 1.807) is 27.1 Å². The van der Waals surface area contributed by atoms with Gasteiger partial charge in [0.15, 0.2) is 0 Å². The fourth-order valence-electron chi connectivity index (χ4n) is 2.41. The molecule has 2 aromatic heterocycles. The second-order valence-electron chi connectivity index (χ2n) is 4.53. The number of thiophene rings is 2. The molecule has 1 atom stereocenters. The summed E-state index contributed by atoms with van der Waals surface area (Å²) in [5.41, 5.74) is 7.23. The maximum absolute atomic E-state index is 12.6. The third-order valence-corrected chi connectivity index (χ3v) is 7.33. The molecule has 2 N–H and O–H groups in total. The molecular weight excluding hydrogens is 300 g/mol. The summed E-state index contributed by atoms with van der Waals surface area (Å²) in [4.78, 5) is 0. The molecule has 1 saturated heterocycles. The van der Waals surface area contributed by atoms with Gasteiger partial charge in [-0.3, -0.25) is 0 Å². The molecule has 0 aromatic carbocycles. The molecule has 19 heavy (non-hydrogen) atoms. The van der Waals surface area contributed by atoms with Gasteiger partial charge in [0.2, 0.25) is 0 Å². The summed E-state index contributed by atoms with van der Waals surface area (Å²) in [6.45, 7) is 0.584. The van der Waals surface area contributed by atoms with Crippen LogP contribution in [0.2, 0.25) is 0 Å². The number of nitrogen functional groups attached to an aromatic ring is 1. The summed E-state index contributed by atoms with van der Waals surface area (Å²) in [6.07, 6.45) is 1.79. The third kappa shape index (κ3) is 2.31. The monoisotopic (exact) mass is 314 g/mol. The smallest absolute Gasteiger partial charge is 0.253 e. The van der Waals surface area contributed by atoms with Crippen LogP contribution in [0.1, 0.15) is 24.4 Å². The van der Waals surface area contributed by atoms with Gasteiger partial charge in [-0.2, -0.15) is 15.6 Å². The lowest BCUT2D eigenvalue weighted by Gasteiger charge is -2.22. The van der Waals surface area contributed by atoms with E-state index in [1.165, 1.54) is 11.3 Å². The minimum Gasteiger partial charge on any atom is -0.398 e. The van der Waals surface area contributed by atoms with Gasteiger partial charge in [0.25, 0.3) is 10.0 Å². The van der Waals surface area contributed by atoms with Crippen molar-refractivity contribution < 1.29 is 8.42 Å². The van der Waals surface area contributed by atoms with Gasteiger partial charge in [-0.1, -0.05) is 0 Å². The highest BCUT2D eigenvalue weighted by Gasteiger charge is 2.36.